The van der Waals surface area contributed by atoms with Gasteiger partial charge in [0.25, 0.3) is 5.56 Å². The summed E-state index contributed by atoms with van der Waals surface area (Å²) >= 11 is 1.66. The van der Waals surface area contributed by atoms with E-state index in [9.17, 15) is 13.2 Å². The lowest BCUT2D eigenvalue weighted by molar-refractivity contribution is 0.196. The molecule has 1 aliphatic carbocycles. The van der Waals surface area contributed by atoms with Crippen LogP contribution in [0.4, 0.5) is 0 Å². The molecule has 0 bridgehead atoms. The molecule has 1 fully saturated rings. The van der Waals surface area contributed by atoms with Crippen LogP contribution in [0, 0.1) is 0 Å². The molecule has 0 amide bonds. The smallest absolute Gasteiger partial charge is 0.259 e. The zero-order valence-corrected chi connectivity index (χ0v) is 15.8. The lowest BCUT2D eigenvalue weighted by atomic mass is 10.1. The highest BCUT2D eigenvalue weighted by molar-refractivity contribution is 7.88. The Morgan fingerprint density at radius 3 is 2.80 bits per heavy atom. The standard InChI is InChI=1S/C16H22N4O3S2/c1-25(22,23)19-10-5-7-20(8-6-10)9-13-17-15(21)14-11-3-2-4-12(11)24-16(14)18-13/h10,19H,2-9H2,1H3,(H,17,18,21). The molecule has 0 aromatic carbocycles. The molecule has 4 rings (SSSR count). The van der Waals surface area contributed by atoms with Crippen molar-refractivity contribution in [3.05, 3.63) is 26.6 Å². The van der Waals surface area contributed by atoms with Gasteiger partial charge in [0.1, 0.15) is 10.7 Å². The fourth-order valence-electron chi connectivity index (χ4n) is 3.85. The molecule has 3 heterocycles. The number of piperidine rings is 1. The van der Waals surface area contributed by atoms with Crippen LogP contribution in [0.15, 0.2) is 4.79 Å². The number of nitrogens with one attached hydrogen (secondary N) is 2. The minimum Gasteiger partial charge on any atom is -0.309 e. The molecule has 0 spiro atoms. The summed E-state index contributed by atoms with van der Waals surface area (Å²) in [6, 6.07) is 0.000934. The third-order valence-electron chi connectivity index (χ3n) is 4.97. The Kier molecular flexibility index (Phi) is 4.43. The van der Waals surface area contributed by atoms with Crippen molar-refractivity contribution in [3.63, 3.8) is 0 Å². The van der Waals surface area contributed by atoms with Gasteiger partial charge >= 0.3 is 0 Å². The minimum absolute atomic E-state index is 0.000934. The van der Waals surface area contributed by atoms with Gasteiger partial charge in [0.05, 0.1) is 18.2 Å². The molecule has 0 atom stereocenters. The average molecular weight is 383 g/mol. The van der Waals surface area contributed by atoms with Crippen molar-refractivity contribution in [3.8, 4) is 0 Å². The van der Waals surface area contributed by atoms with Gasteiger partial charge in [-0.15, -0.1) is 11.3 Å². The molecule has 7 nitrogen and oxygen atoms in total. The van der Waals surface area contributed by atoms with Gasteiger partial charge in [-0.05, 0) is 37.7 Å². The van der Waals surface area contributed by atoms with E-state index in [2.05, 4.69) is 19.6 Å². The molecule has 136 valence electrons. The number of thiophene rings is 1. The Labute approximate surface area is 150 Å². The van der Waals surface area contributed by atoms with Gasteiger partial charge in [0, 0.05) is 24.0 Å². The third-order valence-corrected chi connectivity index (χ3v) is 6.91. The number of rotatable bonds is 4. The van der Waals surface area contributed by atoms with Crippen molar-refractivity contribution < 1.29 is 8.42 Å². The van der Waals surface area contributed by atoms with Gasteiger partial charge in [0.2, 0.25) is 10.0 Å². The number of likely N-dealkylation sites (tertiary alicyclic amines) is 1. The maximum Gasteiger partial charge on any atom is 0.259 e. The van der Waals surface area contributed by atoms with Crippen LogP contribution >= 0.6 is 11.3 Å². The zero-order chi connectivity index (χ0) is 17.6. The number of H-pyrrole nitrogens is 1. The van der Waals surface area contributed by atoms with E-state index in [1.807, 2.05) is 0 Å². The van der Waals surface area contributed by atoms with E-state index in [1.165, 1.54) is 16.7 Å². The summed E-state index contributed by atoms with van der Waals surface area (Å²) in [5.41, 5.74) is 1.18. The van der Waals surface area contributed by atoms with Gasteiger partial charge < -0.3 is 4.98 Å². The van der Waals surface area contributed by atoms with E-state index in [-0.39, 0.29) is 11.6 Å². The first-order valence-corrected chi connectivity index (χ1v) is 11.3. The number of nitrogens with zero attached hydrogens (tertiary/aromatic N) is 2. The first-order valence-electron chi connectivity index (χ1n) is 8.62. The summed E-state index contributed by atoms with van der Waals surface area (Å²) in [7, 11) is -3.16. The summed E-state index contributed by atoms with van der Waals surface area (Å²) in [5, 5.41) is 0.789. The Balaban J connectivity index is 1.46. The van der Waals surface area contributed by atoms with Crippen LogP contribution in [-0.2, 0) is 29.4 Å². The fourth-order valence-corrected chi connectivity index (χ4v) is 5.97. The molecule has 0 unspecified atom stereocenters. The van der Waals surface area contributed by atoms with E-state index < -0.39 is 10.0 Å². The molecule has 2 aromatic heterocycles. The molecule has 0 radical (unpaired) electrons. The van der Waals surface area contributed by atoms with Crippen LogP contribution in [0.25, 0.3) is 10.2 Å². The second kappa shape index (κ2) is 6.46. The highest BCUT2D eigenvalue weighted by Gasteiger charge is 2.24. The average Bonchev–Trinajstić information content (AvgIpc) is 3.08. The van der Waals surface area contributed by atoms with Crippen LogP contribution < -0.4 is 10.3 Å². The predicted molar refractivity (Wildman–Crippen MR) is 98.5 cm³/mol. The summed E-state index contributed by atoms with van der Waals surface area (Å²) in [5.74, 6) is 0.701. The van der Waals surface area contributed by atoms with Gasteiger partial charge in [-0.2, -0.15) is 0 Å². The maximum absolute atomic E-state index is 12.5. The molecule has 2 aliphatic rings. The van der Waals surface area contributed by atoms with Crippen molar-refractivity contribution in [1.29, 1.82) is 0 Å². The molecule has 9 heteroatoms. The van der Waals surface area contributed by atoms with Crippen LogP contribution in [0.1, 0.15) is 35.5 Å². The Morgan fingerprint density at radius 2 is 2.08 bits per heavy atom. The lowest BCUT2D eigenvalue weighted by Gasteiger charge is -2.31. The van der Waals surface area contributed by atoms with Crippen molar-refractivity contribution in [1.82, 2.24) is 19.6 Å². The van der Waals surface area contributed by atoms with Gasteiger partial charge in [-0.1, -0.05) is 0 Å². The van der Waals surface area contributed by atoms with E-state index in [0.717, 1.165) is 55.4 Å². The molecular weight excluding hydrogens is 360 g/mol. The molecule has 1 saturated heterocycles. The number of aryl methyl sites for hydroxylation is 2. The van der Waals surface area contributed by atoms with Crippen LogP contribution in [0.5, 0.6) is 0 Å². The first-order chi connectivity index (χ1) is 11.9. The first kappa shape index (κ1) is 17.1. The molecule has 2 aromatic rings. The van der Waals surface area contributed by atoms with Gasteiger partial charge in [-0.3, -0.25) is 9.69 Å². The minimum atomic E-state index is -3.16. The van der Waals surface area contributed by atoms with Crippen molar-refractivity contribution in [2.75, 3.05) is 19.3 Å². The highest BCUT2D eigenvalue weighted by atomic mass is 32.2. The predicted octanol–water partition coefficient (Wildman–Crippen LogP) is 0.987. The monoisotopic (exact) mass is 382 g/mol. The Hall–Kier alpha value is -1.29. The quantitative estimate of drug-likeness (QED) is 0.822. The summed E-state index contributed by atoms with van der Waals surface area (Å²) in [6.45, 7) is 2.17. The number of hydrogen-bond donors (Lipinski definition) is 2. The highest BCUT2D eigenvalue weighted by Crippen LogP contribution is 2.34. The van der Waals surface area contributed by atoms with E-state index in [0.29, 0.717) is 12.4 Å². The maximum atomic E-state index is 12.5. The molecule has 1 aliphatic heterocycles. The van der Waals surface area contributed by atoms with Crippen molar-refractivity contribution in [2.24, 2.45) is 0 Å². The molecule has 25 heavy (non-hydrogen) atoms. The number of sulfonamides is 1. The van der Waals surface area contributed by atoms with Gasteiger partial charge in [0.15, 0.2) is 0 Å². The van der Waals surface area contributed by atoms with Crippen molar-refractivity contribution in [2.45, 2.75) is 44.7 Å². The van der Waals surface area contributed by atoms with E-state index >= 15 is 0 Å². The summed E-state index contributed by atoms with van der Waals surface area (Å²) in [6.07, 6.45) is 5.92. The Bertz CT molecular complexity index is 956. The normalized spacial score (nSPS) is 19.6. The van der Waals surface area contributed by atoms with Crippen molar-refractivity contribution >= 4 is 31.6 Å². The number of aromatic amines is 1. The van der Waals surface area contributed by atoms with Crippen LogP contribution in [0.3, 0.4) is 0 Å². The topological polar surface area (TPSA) is 95.2 Å². The van der Waals surface area contributed by atoms with E-state index in [1.54, 1.807) is 11.3 Å². The zero-order valence-electron chi connectivity index (χ0n) is 14.2. The lowest BCUT2D eigenvalue weighted by Crippen LogP contribution is -2.44. The van der Waals surface area contributed by atoms with E-state index in [4.69, 9.17) is 0 Å². The van der Waals surface area contributed by atoms with Gasteiger partial charge in [-0.25, -0.2) is 18.1 Å². The largest absolute Gasteiger partial charge is 0.309 e. The summed E-state index contributed by atoms with van der Waals surface area (Å²) in [4.78, 5) is 24.5. The number of aromatic nitrogens is 2. The number of fused-ring (bicyclic) bond motifs is 3. The summed E-state index contributed by atoms with van der Waals surface area (Å²) < 4.78 is 25.3. The fraction of sp³-hybridized carbons (Fsp3) is 0.625. The molecular formula is C16H22N4O3S2. The SMILES string of the molecule is CS(=O)(=O)NC1CCN(Cc2nc3sc4c(c3c(=O)[nH]2)CCC4)CC1. The second-order valence-electron chi connectivity index (χ2n) is 6.99. The second-order valence-corrected chi connectivity index (χ2v) is 9.85. The third kappa shape index (κ3) is 3.64. The number of hydrogen-bond acceptors (Lipinski definition) is 6. The van der Waals surface area contributed by atoms with Crippen LogP contribution in [0.2, 0.25) is 0 Å². The Morgan fingerprint density at radius 1 is 1.32 bits per heavy atom. The molecule has 2 N–H and O–H groups in total. The molecule has 0 saturated carbocycles. The van der Waals surface area contributed by atoms with Crippen LogP contribution in [-0.4, -0.2) is 48.7 Å².